The molecule has 1 fully saturated rings. The zero-order chi connectivity index (χ0) is 12.1. The largest absolute Gasteiger partial charge is 0.490 e. The van der Waals surface area contributed by atoms with Crippen molar-refractivity contribution in [1.29, 1.82) is 0 Å². The summed E-state index contributed by atoms with van der Waals surface area (Å²) in [6.07, 6.45) is 8.57. The monoisotopic (exact) mass is 296 g/mol. The summed E-state index contributed by atoms with van der Waals surface area (Å²) in [5, 5.41) is 0. The highest BCUT2D eigenvalue weighted by Gasteiger charge is 2.14. The van der Waals surface area contributed by atoms with Gasteiger partial charge < -0.3 is 4.74 Å². The number of halogens is 1. The summed E-state index contributed by atoms with van der Waals surface area (Å²) in [5.41, 5.74) is 0.649. The summed E-state index contributed by atoms with van der Waals surface area (Å²) in [5.74, 6) is 0.808. The molecule has 0 heterocycles. The van der Waals surface area contributed by atoms with Crippen molar-refractivity contribution in [1.82, 2.24) is 0 Å². The van der Waals surface area contributed by atoms with Crippen LogP contribution in [0.15, 0.2) is 22.7 Å². The molecule has 17 heavy (non-hydrogen) atoms. The summed E-state index contributed by atoms with van der Waals surface area (Å²) >= 11 is 3.34. The van der Waals surface area contributed by atoms with Crippen molar-refractivity contribution in [2.24, 2.45) is 0 Å². The van der Waals surface area contributed by atoms with Crippen LogP contribution in [0.2, 0.25) is 0 Å². The lowest BCUT2D eigenvalue weighted by atomic mass is 10.1. The lowest BCUT2D eigenvalue weighted by Crippen LogP contribution is -2.15. The van der Waals surface area contributed by atoms with Gasteiger partial charge in [-0.05, 0) is 43.9 Å². The summed E-state index contributed by atoms with van der Waals surface area (Å²) in [7, 11) is 0. The standard InChI is InChI=1S/C14H17BrO2/c15-14-8-7-13(9-11(14)10-16)17-12-5-3-1-2-4-6-12/h7-10,12H,1-6H2. The molecule has 0 radical (unpaired) electrons. The lowest BCUT2D eigenvalue weighted by Gasteiger charge is -2.17. The fourth-order valence-electron chi connectivity index (χ4n) is 2.24. The molecule has 1 aromatic carbocycles. The van der Waals surface area contributed by atoms with Crippen molar-refractivity contribution in [2.75, 3.05) is 0 Å². The Bertz CT molecular complexity index is 382. The highest BCUT2D eigenvalue weighted by atomic mass is 79.9. The van der Waals surface area contributed by atoms with Gasteiger partial charge in [-0.25, -0.2) is 0 Å². The molecule has 0 saturated heterocycles. The number of rotatable bonds is 3. The smallest absolute Gasteiger partial charge is 0.151 e. The summed E-state index contributed by atoms with van der Waals surface area (Å²) in [4.78, 5) is 10.8. The van der Waals surface area contributed by atoms with Gasteiger partial charge in [-0.1, -0.05) is 28.8 Å². The summed E-state index contributed by atoms with van der Waals surface area (Å²) in [6, 6.07) is 5.60. The van der Waals surface area contributed by atoms with E-state index in [4.69, 9.17) is 4.74 Å². The predicted octanol–water partition coefficient (Wildman–Crippen LogP) is 4.36. The zero-order valence-electron chi connectivity index (χ0n) is 9.82. The van der Waals surface area contributed by atoms with Gasteiger partial charge in [-0.3, -0.25) is 4.79 Å². The van der Waals surface area contributed by atoms with Gasteiger partial charge in [0.25, 0.3) is 0 Å². The van der Waals surface area contributed by atoms with Gasteiger partial charge in [0, 0.05) is 10.0 Å². The van der Waals surface area contributed by atoms with Crippen molar-refractivity contribution in [3.05, 3.63) is 28.2 Å². The molecule has 1 saturated carbocycles. The minimum atomic E-state index is 0.318. The van der Waals surface area contributed by atoms with Crippen LogP contribution in [0, 0.1) is 0 Å². The Hall–Kier alpha value is -0.830. The molecule has 0 aromatic heterocycles. The Kier molecular flexibility index (Phi) is 4.60. The Morgan fingerprint density at radius 2 is 1.88 bits per heavy atom. The lowest BCUT2D eigenvalue weighted by molar-refractivity contribution is 0.112. The third-order valence-corrected chi connectivity index (χ3v) is 3.92. The van der Waals surface area contributed by atoms with E-state index in [-0.39, 0.29) is 0 Å². The van der Waals surface area contributed by atoms with Gasteiger partial charge in [-0.15, -0.1) is 0 Å². The molecule has 2 rings (SSSR count). The predicted molar refractivity (Wildman–Crippen MR) is 71.6 cm³/mol. The molecule has 1 aromatic rings. The zero-order valence-corrected chi connectivity index (χ0v) is 11.4. The van der Waals surface area contributed by atoms with Gasteiger partial charge in [0.1, 0.15) is 5.75 Å². The van der Waals surface area contributed by atoms with E-state index in [0.29, 0.717) is 11.7 Å². The second kappa shape index (κ2) is 6.20. The van der Waals surface area contributed by atoms with Gasteiger partial charge in [0.05, 0.1) is 6.10 Å². The highest BCUT2D eigenvalue weighted by molar-refractivity contribution is 9.10. The maximum Gasteiger partial charge on any atom is 0.151 e. The number of carbonyl (C=O) groups is 1. The molecule has 1 aliphatic carbocycles. The summed E-state index contributed by atoms with van der Waals surface area (Å²) in [6.45, 7) is 0. The van der Waals surface area contributed by atoms with E-state index in [1.54, 1.807) is 0 Å². The van der Waals surface area contributed by atoms with Crippen LogP contribution in [0.4, 0.5) is 0 Å². The molecular formula is C14H17BrO2. The molecule has 0 atom stereocenters. The molecular weight excluding hydrogens is 280 g/mol. The van der Waals surface area contributed by atoms with Crippen LogP contribution in [-0.4, -0.2) is 12.4 Å². The van der Waals surface area contributed by atoms with E-state index in [2.05, 4.69) is 15.9 Å². The van der Waals surface area contributed by atoms with E-state index in [1.165, 1.54) is 25.7 Å². The van der Waals surface area contributed by atoms with E-state index < -0.39 is 0 Å². The number of carbonyl (C=O) groups excluding carboxylic acids is 1. The van der Waals surface area contributed by atoms with Gasteiger partial charge in [0.15, 0.2) is 6.29 Å². The first-order valence-electron chi connectivity index (χ1n) is 6.21. The topological polar surface area (TPSA) is 26.3 Å². The third-order valence-electron chi connectivity index (χ3n) is 3.20. The van der Waals surface area contributed by atoms with Crippen molar-refractivity contribution in [3.63, 3.8) is 0 Å². The van der Waals surface area contributed by atoms with Gasteiger partial charge >= 0.3 is 0 Å². The molecule has 2 nitrogen and oxygen atoms in total. The maximum atomic E-state index is 10.8. The van der Waals surface area contributed by atoms with Crippen LogP contribution in [-0.2, 0) is 0 Å². The minimum absolute atomic E-state index is 0.318. The molecule has 0 aliphatic heterocycles. The Balaban J connectivity index is 2.04. The van der Waals surface area contributed by atoms with Crippen LogP contribution in [0.1, 0.15) is 48.9 Å². The average molecular weight is 297 g/mol. The van der Waals surface area contributed by atoms with Crippen LogP contribution < -0.4 is 4.74 Å². The Morgan fingerprint density at radius 1 is 1.18 bits per heavy atom. The van der Waals surface area contributed by atoms with Crippen molar-refractivity contribution >= 4 is 22.2 Å². The molecule has 1 aliphatic rings. The molecule has 0 N–H and O–H groups in total. The van der Waals surface area contributed by atoms with Crippen LogP contribution in [0.5, 0.6) is 5.75 Å². The minimum Gasteiger partial charge on any atom is -0.490 e. The number of ether oxygens (including phenoxy) is 1. The number of hydrogen-bond acceptors (Lipinski definition) is 2. The molecule has 92 valence electrons. The van der Waals surface area contributed by atoms with Crippen LogP contribution in [0.3, 0.4) is 0 Å². The van der Waals surface area contributed by atoms with E-state index in [9.17, 15) is 4.79 Å². The van der Waals surface area contributed by atoms with Crippen molar-refractivity contribution in [2.45, 2.75) is 44.6 Å². The van der Waals surface area contributed by atoms with Crippen molar-refractivity contribution < 1.29 is 9.53 Å². The molecule has 0 amide bonds. The first-order chi connectivity index (χ1) is 8.29. The Labute approximate surface area is 110 Å². The van der Waals surface area contributed by atoms with E-state index in [1.807, 2.05) is 18.2 Å². The fourth-order valence-corrected chi connectivity index (χ4v) is 2.58. The van der Waals surface area contributed by atoms with Crippen LogP contribution >= 0.6 is 15.9 Å². The SMILES string of the molecule is O=Cc1cc(OC2CCCCCC2)ccc1Br. The fraction of sp³-hybridized carbons (Fsp3) is 0.500. The van der Waals surface area contributed by atoms with Gasteiger partial charge in [0.2, 0.25) is 0 Å². The van der Waals surface area contributed by atoms with Crippen molar-refractivity contribution in [3.8, 4) is 5.75 Å². The first-order valence-corrected chi connectivity index (χ1v) is 7.00. The van der Waals surface area contributed by atoms with Gasteiger partial charge in [-0.2, -0.15) is 0 Å². The normalized spacial score (nSPS) is 17.5. The number of hydrogen-bond donors (Lipinski definition) is 0. The molecule has 0 bridgehead atoms. The quantitative estimate of drug-likeness (QED) is 0.612. The highest BCUT2D eigenvalue weighted by Crippen LogP contribution is 2.25. The average Bonchev–Trinajstić information content (AvgIpc) is 2.60. The van der Waals surface area contributed by atoms with Crippen LogP contribution in [0.25, 0.3) is 0 Å². The molecule has 0 spiro atoms. The third kappa shape index (κ3) is 3.56. The number of aldehydes is 1. The van der Waals surface area contributed by atoms with E-state index >= 15 is 0 Å². The second-order valence-electron chi connectivity index (χ2n) is 4.53. The second-order valence-corrected chi connectivity index (χ2v) is 5.39. The number of benzene rings is 1. The maximum absolute atomic E-state index is 10.8. The molecule has 0 unspecified atom stereocenters. The Morgan fingerprint density at radius 3 is 2.53 bits per heavy atom. The molecule has 3 heteroatoms. The summed E-state index contributed by atoms with van der Waals surface area (Å²) < 4.78 is 6.77. The first kappa shape index (κ1) is 12.6. The van der Waals surface area contributed by atoms with E-state index in [0.717, 1.165) is 29.4 Å².